The average molecular weight is 347 g/mol. The normalized spacial score (nSPS) is 17.4. The quantitative estimate of drug-likeness (QED) is 0.823. The Morgan fingerprint density at radius 3 is 2.80 bits per heavy atom. The number of pyridine rings is 1. The molecule has 6 heteroatoms. The molecule has 1 fully saturated rings. The lowest BCUT2D eigenvalue weighted by Gasteiger charge is -2.34. The minimum Gasteiger partial charge on any atom is -0.475 e. The number of nitrogens with one attached hydrogen (secondary N) is 1. The van der Waals surface area contributed by atoms with E-state index in [4.69, 9.17) is 4.74 Å². The molecule has 2 rings (SSSR count). The second-order valence-electron chi connectivity index (χ2n) is 6.74. The van der Waals surface area contributed by atoms with E-state index in [1.807, 2.05) is 26.8 Å². The van der Waals surface area contributed by atoms with Gasteiger partial charge in [0.2, 0.25) is 17.7 Å². The number of hydrogen-bond donors (Lipinski definition) is 1. The van der Waals surface area contributed by atoms with Crippen molar-refractivity contribution in [3.05, 3.63) is 23.9 Å². The van der Waals surface area contributed by atoms with Gasteiger partial charge in [-0.05, 0) is 45.1 Å². The van der Waals surface area contributed by atoms with Crippen LogP contribution in [0.5, 0.6) is 5.88 Å². The monoisotopic (exact) mass is 347 g/mol. The summed E-state index contributed by atoms with van der Waals surface area (Å²) >= 11 is 0. The molecule has 0 bridgehead atoms. The van der Waals surface area contributed by atoms with Crippen LogP contribution in [0, 0.1) is 0 Å². The molecule has 1 aromatic heterocycles. The molecule has 1 aliphatic heterocycles. The molecule has 0 spiro atoms. The molecule has 138 valence electrons. The Labute approximate surface area is 150 Å². The Bertz CT molecular complexity index is 572. The summed E-state index contributed by atoms with van der Waals surface area (Å²) in [6.07, 6.45) is 5.79. The topological polar surface area (TPSA) is 71.5 Å². The standard InChI is InChI=1S/C19H29N3O3/c1-4-7-18(23)22-11-6-5-8-16(22)19(24)21-13-15-9-10-17(20-12-15)25-14(2)3/h9-10,12,14,16H,4-8,11,13H2,1-3H3,(H,21,24)/t16-/m1/s1. The Morgan fingerprint density at radius 1 is 1.36 bits per heavy atom. The van der Waals surface area contributed by atoms with Crippen molar-refractivity contribution in [3.63, 3.8) is 0 Å². The highest BCUT2D eigenvalue weighted by atomic mass is 16.5. The van der Waals surface area contributed by atoms with Gasteiger partial charge < -0.3 is 15.0 Å². The molecule has 1 saturated heterocycles. The van der Waals surface area contributed by atoms with Gasteiger partial charge in [0.15, 0.2) is 0 Å². The van der Waals surface area contributed by atoms with Crippen LogP contribution in [0.1, 0.15) is 58.4 Å². The predicted molar refractivity (Wildman–Crippen MR) is 96.1 cm³/mol. The number of rotatable bonds is 7. The van der Waals surface area contributed by atoms with Gasteiger partial charge in [-0.15, -0.1) is 0 Å². The van der Waals surface area contributed by atoms with E-state index in [9.17, 15) is 9.59 Å². The Balaban J connectivity index is 1.90. The summed E-state index contributed by atoms with van der Waals surface area (Å²) in [6.45, 7) is 6.97. The first-order valence-electron chi connectivity index (χ1n) is 9.20. The van der Waals surface area contributed by atoms with Crippen molar-refractivity contribution in [1.82, 2.24) is 15.2 Å². The molecule has 1 aromatic rings. The first-order chi connectivity index (χ1) is 12.0. The summed E-state index contributed by atoms with van der Waals surface area (Å²) in [6, 6.07) is 3.36. The first-order valence-corrected chi connectivity index (χ1v) is 9.20. The van der Waals surface area contributed by atoms with Crippen molar-refractivity contribution in [2.45, 2.75) is 71.6 Å². The number of piperidine rings is 1. The largest absolute Gasteiger partial charge is 0.475 e. The molecular weight excluding hydrogens is 318 g/mol. The molecule has 0 radical (unpaired) electrons. The van der Waals surface area contributed by atoms with Crippen LogP contribution in [-0.4, -0.2) is 40.4 Å². The summed E-state index contributed by atoms with van der Waals surface area (Å²) in [5.41, 5.74) is 0.909. The number of nitrogens with zero attached hydrogens (tertiary/aromatic N) is 2. The minimum absolute atomic E-state index is 0.0772. The maximum absolute atomic E-state index is 12.6. The zero-order chi connectivity index (χ0) is 18.2. The molecule has 0 saturated carbocycles. The molecule has 1 N–H and O–H groups in total. The fraction of sp³-hybridized carbons (Fsp3) is 0.632. The maximum Gasteiger partial charge on any atom is 0.243 e. The lowest BCUT2D eigenvalue weighted by molar-refractivity contribution is -0.142. The van der Waals surface area contributed by atoms with E-state index in [2.05, 4.69) is 10.3 Å². The van der Waals surface area contributed by atoms with Gasteiger partial charge in [-0.1, -0.05) is 13.0 Å². The van der Waals surface area contributed by atoms with Crippen LogP contribution in [-0.2, 0) is 16.1 Å². The molecule has 0 aromatic carbocycles. The lowest BCUT2D eigenvalue weighted by atomic mass is 10.0. The van der Waals surface area contributed by atoms with Crippen molar-refractivity contribution >= 4 is 11.8 Å². The van der Waals surface area contributed by atoms with Crippen molar-refractivity contribution < 1.29 is 14.3 Å². The highest BCUT2D eigenvalue weighted by Crippen LogP contribution is 2.19. The fourth-order valence-corrected chi connectivity index (χ4v) is 2.99. The SMILES string of the molecule is CCCC(=O)N1CCCC[C@@H]1C(=O)NCc1ccc(OC(C)C)nc1. The van der Waals surface area contributed by atoms with Gasteiger partial charge in [0, 0.05) is 31.8 Å². The molecule has 0 aliphatic carbocycles. The van der Waals surface area contributed by atoms with Gasteiger partial charge >= 0.3 is 0 Å². The van der Waals surface area contributed by atoms with Crippen LogP contribution < -0.4 is 10.1 Å². The van der Waals surface area contributed by atoms with E-state index in [1.165, 1.54) is 0 Å². The molecule has 2 heterocycles. The van der Waals surface area contributed by atoms with Gasteiger partial charge in [0.05, 0.1) is 6.10 Å². The van der Waals surface area contributed by atoms with Gasteiger partial charge in [0.1, 0.15) is 6.04 Å². The van der Waals surface area contributed by atoms with E-state index in [1.54, 1.807) is 17.2 Å². The smallest absolute Gasteiger partial charge is 0.243 e. The first kappa shape index (κ1) is 19.2. The van der Waals surface area contributed by atoms with Crippen molar-refractivity contribution in [2.75, 3.05) is 6.54 Å². The molecule has 0 unspecified atom stereocenters. The Hall–Kier alpha value is -2.11. The van der Waals surface area contributed by atoms with Crippen LogP contribution in [0.2, 0.25) is 0 Å². The lowest BCUT2D eigenvalue weighted by Crippen LogP contribution is -2.51. The number of amides is 2. The highest BCUT2D eigenvalue weighted by Gasteiger charge is 2.31. The molecule has 2 amide bonds. The number of carbonyl (C=O) groups excluding carboxylic acids is 2. The van der Waals surface area contributed by atoms with Crippen LogP contribution in [0.4, 0.5) is 0 Å². The second-order valence-corrected chi connectivity index (χ2v) is 6.74. The predicted octanol–water partition coefficient (Wildman–Crippen LogP) is 2.67. The number of carbonyl (C=O) groups is 2. The number of likely N-dealkylation sites (tertiary alicyclic amines) is 1. The van der Waals surface area contributed by atoms with E-state index < -0.39 is 0 Å². The maximum atomic E-state index is 12.6. The van der Waals surface area contributed by atoms with Crippen LogP contribution >= 0.6 is 0 Å². The third kappa shape index (κ3) is 5.73. The summed E-state index contributed by atoms with van der Waals surface area (Å²) < 4.78 is 5.51. The fourth-order valence-electron chi connectivity index (χ4n) is 2.99. The van der Waals surface area contributed by atoms with E-state index >= 15 is 0 Å². The van der Waals surface area contributed by atoms with Gasteiger partial charge in [-0.25, -0.2) is 4.98 Å². The van der Waals surface area contributed by atoms with Crippen molar-refractivity contribution in [3.8, 4) is 5.88 Å². The number of ether oxygens (including phenoxy) is 1. The van der Waals surface area contributed by atoms with E-state index in [-0.39, 0.29) is 24.0 Å². The summed E-state index contributed by atoms with van der Waals surface area (Å²) in [4.78, 5) is 30.8. The summed E-state index contributed by atoms with van der Waals surface area (Å²) in [5.74, 6) is 0.583. The summed E-state index contributed by atoms with van der Waals surface area (Å²) in [5, 5.41) is 2.94. The number of aromatic nitrogens is 1. The Kier molecular flexibility index (Phi) is 7.22. The van der Waals surface area contributed by atoms with Crippen molar-refractivity contribution in [2.24, 2.45) is 0 Å². The van der Waals surface area contributed by atoms with Crippen LogP contribution in [0.3, 0.4) is 0 Å². The number of hydrogen-bond acceptors (Lipinski definition) is 4. The van der Waals surface area contributed by atoms with Crippen LogP contribution in [0.15, 0.2) is 18.3 Å². The molecule has 1 aliphatic rings. The van der Waals surface area contributed by atoms with E-state index in [0.717, 1.165) is 31.2 Å². The third-order valence-corrected chi connectivity index (χ3v) is 4.21. The van der Waals surface area contributed by atoms with Gasteiger partial charge in [-0.3, -0.25) is 9.59 Å². The second kappa shape index (κ2) is 9.39. The van der Waals surface area contributed by atoms with Gasteiger partial charge in [0.25, 0.3) is 0 Å². The van der Waals surface area contributed by atoms with E-state index in [0.29, 0.717) is 25.4 Å². The highest BCUT2D eigenvalue weighted by molar-refractivity contribution is 5.87. The zero-order valence-electron chi connectivity index (χ0n) is 15.5. The Morgan fingerprint density at radius 2 is 2.16 bits per heavy atom. The molecule has 25 heavy (non-hydrogen) atoms. The molecule has 6 nitrogen and oxygen atoms in total. The summed E-state index contributed by atoms with van der Waals surface area (Å²) in [7, 11) is 0. The average Bonchev–Trinajstić information content (AvgIpc) is 2.60. The van der Waals surface area contributed by atoms with Crippen LogP contribution in [0.25, 0.3) is 0 Å². The molecule has 1 atom stereocenters. The third-order valence-electron chi connectivity index (χ3n) is 4.21. The van der Waals surface area contributed by atoms with Gasteiger partial charge in [-0.2, -0.15) is 0 Å². The van der Waals surface area contributed by atoms with Crippen molar-refractivity contribution in [1.29, 1.82) is 0 Å². The zero-order valence-corrected chi connectivity index (χ0v) is 15.5. The molecular formula is C19H29N3O3. The minimum atomic E-state index is -0.343.